The van der Waals surface area contributed by atoms with Crippen molar-refractivity contribution in [3.63, 3.8) is 0 Å². The third-order valence-electron chi connectivity index (χ3n) is 4.07. The van der Waals surface area contributed by atoms with Crippen molar-refractivity contribution in [2.75, 3.05) is 5.32 Å². The number of allylic oxidation sites excluding steroid dienone is 1. The molecule has 2 rings (SSSR count). The fraction of sp³-hybridized carbons (Fsp3) is 0.500. The molecule has 0 amide bonds. The highest BCUT2D eigenvalue weighted by atomic mass is 16.7. The zero-order valence-electron chi connectivity index (χ0n) is 13.0. The van der Waals surface area contributed by atoms with E-state index in [0.29, 0.717) is 0 Å². The Morgan fingerprint density at radius 3 is 2.10 bits per heavy atom. The molecule has 1 heterocycles. The zero-order valence-corrected chi connectivity index (χ0v) is 13.0. The molecule has 1 aromatic carbocycles. The largest absolute Gasteiger partial charge is 0.485 e. The van der Waals surface area contributed by atoms with E-state index >= 15 is 0 Å². The van der Waals surface area contributed by atoms with E-state index in [0.717, 1.165) is 5.69 Å². The maximum absolute atomic E-state index is 6.11. The van der Waals surface area contributed by atoms with Crippen molar-refractivity contribution in [1.82, 2.24) is 0 Å². The van der Waals surface area contributed by atoms with Crippen molar-refractivity contribution in [3.8, 4) is 0 Å². The monoisotopic (exact) mass is 273 g/mol. The minimum absolute atomic E-state index is 0.0107. The number of benzene rings is 1. The van der Waals surface area contributed by atoms with E-state index in [2.05, 4.69) is 39.1 Å². The SMILES string of the molecule is C/C=C/[C@H](Nc1ccccc1)B1OC(C)(C)C(C)(C)O1. The molecule has 108 valence electrons. The summed E-state index contributed by atoms with van der Waals surface area (Å²) in [5.41, 5.74) is 0.441. The van der Waals surface area contributed by atoms with Gasteiger partial charge in [-0.2, -0.15) is 0 Å². The number of hydrogen-bond acceptors (Lipinski definition) is 3. The molecule has 1 fully saturated rings. The van der Waals surface area contributed by atoms with Crippen LogP contribution in [0.25, 0.3) is 0 Å². The van der Waals surface area contributed by atoms with Crippen molar-refractivity contribution in [2.45, 2.75) is 51.8 Å². The van der Waals surface area contributed by atoms with Gasteiger partial charge in [0, 0.05) is 5.69 Å². The van der Waals surface area contributed by atoms with Crippen LogP contribution in [-0.2, 0) is 9.31 Å². The quantitative estimate of drug-likeness (QED) is 0.670. The second-order valence-electron chi connectivity index (χ2n) is 6.19. The minimum atomic E-state index is -0.310. The van der Waals surface area contributed by atoms with Crippen LogP contribution in [0.2, 0.25) is 0 Å². The standard InChI is InChI=1S/C16H24BNO2/c1-6-10-14(18-13-11-8-7-9-12-13)17-19-15(2,3)16(4,5)20-17/h6-12,14,18H,1-5H3/b10-6+/t14-/m0/s1. The molecule has 0 aliphatic carbocycles. The molecule has 4 heteroatoms. The van der Waals surface area contributed by atoms with E-state index in [-0.39, 0.29) is 24.3 Å². The first-order valence-electron chi connectivity index (χ1n) is 7.16. The predicted octanol–water partition coefficient (Wildman–Crippen LogP) is 3.67. The van der Waals surface area contributed by atoms with Crippen LogP contribution in [0.5, 0.6) is 0 Å². The molecule has 20 heavy (non-hydrogen) atoms. The summed E-state index contributed by atoms with van der Waals surface area (Å²) in [5.74, 6) is -0.0107. The maximum atomic E-state index is 6.11. The van der Waals surface area contributed by atoms with E-state index < -0.39 is 0 Å². The normalized spacial score (nSPS) is 22.1. The lowest BCUT2D eigenvalue weighted by Crippen LogP contribution is -2.41. The molecule has 3 nitrogen and oxygen atoms in total. The smallest absolute Gasteiger partial charge is 0.402 e. The molecule has 0 spiro atoms. The molecule has 1 aliphatic heterocycles. The number of anilines is 1. The number of para-hydroxylation sites is 1. The van der Waals surface area contributed by atoms with Crippen LogP contribution in [-0.4, -0.2) is 24.3 Å². The van der Waals surface area contributed by atoms with E-state index in [1.54, 1.807) is 0 Å². The fourth-order valence-electron chi connectivity index (χ4n) is 2.18. The Morgan fingerprint density at radius 1 is 1.05 bits per heavy atom. The van der Waals surface area contributed by atoms with E-state index in [1.807, 2.05) is 43.3 Å². The average Bonchev–Trinajstić information content (AvgIpc) is 2.59. The Hall–Kier alpha value is -1.26. The summed E-state index contributed by atoms with van der Waals surface area (Å²) < 4.78 is 12.2. The van der Waals surface area contributed by atoms with Crippen molar-refractivity contribution >= 4 is 12.8 Å². The van der Waals surface area contributed by atoms with E-state index in [4.69, 9.17) is 9.31 Å². The Kier molecular flexibility index (Phi) is 4.26. The highest BCUT2D eigenvalue weighted by Crippen LogP contribution is 2.38. The van der Waals surface area contributed by atoms with Gasteiger partial charge in [0.15, 0.2) is 0 Å². The summed E-state index contributed by atoms with van der Waals surface area (Å²) in [6.45, 7) is 10.3. The van der Waals surface area contributed by atoms with Gasteiger partial charge in [-0.05, 0) is 46.8 Å². The van der Waals surface area contributed by atoms with Gasteiger partial charge in [-0.3, -0.25) is 0 Å². The molecule has 1 saturated heterocycles. The van der Waals surface area contributed by atoms with Gasteiger partial charge in [0.2, 0.25) is 0 Å². The third kappa shape index (κ3) is 3.07. The molecule has 0 unspecified atom stereocenters. The summed E-state index contributed by atoms with van der Waals surface area (Å²) in [5, 5.41) is 3.46. The summed E-state index contributed by atoms with van der Waals surface area (Å²) in [4.78, 5) is 0. The average molecular weight is 273 g/mol. The van der Waals surface area contributed by atoms with Crippen LogP contribution in [0.4, 0.5) is 5.69 Å². The van der Waals surface area contributed by atoms with Crippen LogP contribution in [0, 0.1) is 0 Å². The number of hydrogen-bond donors (Lipinski definition) is 1. The lowest BCUT2D eigenvalue weighted by Gasteiger charge is -2.32. The molecule has 1 aromatic rings. The number of nitrogens with one attached hydrogen (secondary N) is 1. The molecule has 1 atom stereocenters. The molecule has 1 aliphatic rings. The summed E-state index contributed by atoms with van der Waals surface area (Å²) in [6, 6.07) is 10.1. The molecule has 0 radical (unpaired) electrons. The predicted molar refractivity (Wildman–Crippen MR) is 84.7 cm³/mol. The first kappa shape index (κ1) is 15.1. The molecule has 0 saturated carbocycles. The lowest BCUT2D eigenvalue weighted by atomic mass is 9.78. The minimum Gasteiger partial charge on any atom is -0.402 e. The topological polar surface area (TPSA) is 30.5 Å². The van der Waals surface area contributed by atoms with Crippen molar-refractivity contribution < 1.29 is 9.31 Å². The van der Waals surface area contributed by atoms with E-state index in [9.17, 15) is 0 Å². The zero-order chi connectivity index (χ0) is 14.8. The third-order valence-corrected chi connectivity index (χ3v) is 4.07. The lowest BCUT2D eigenvalue weighted by molar-refractivity contribution is 0.00578. The Bertz CT molecular complexity index is 455. The number of rotatable bonds is 4. The second-order valence-corrected chi connectivity index (χ2v) is 6.19. The summed E-state index contributed by atoms with van der Waals surface area (Å²) >= 11 is 0. The first-order valence-corrected chi connectivity index (χ1v) is 7.16. The van der Waals surface area contributed by atoms with Gasteiger partial charge in [-0.25, -0.2) is 0 Å². The van der Waals surface area contributed by atoms with Gasteiger partial charge in [0.05, 0.1) is 17.1 Å². The van der Waals surface area contributed by atoms with Gasteiger partial charge in [-0.1, -0.05) is 30.4 Å². The fourth-order valence-corrected chi connectivity index (χ4v) is 2.18. The highest BCUT2D eigenvalue weighted by molar-refractivity contribution is 6.49. The van der Waals surface area contributed by atoms with Gasteiger partial charge in [0.1, 0.15) is 0 Å². The van der Waals surface area contributed by atoms with Crippen LogP contribution >= 0.6 is 0 Å². The van der Waals surface area contributed by atoms with Crippen molar-refractivity contribution in [1.29, 1.82) is 0 Å². The van der Waals surface area contributed by atoms with Crippen molar-refractivity contribution in [2.24, 2.45) is 0 Å². The summed E-state index contributed by atoms with van der Waals surface area (Å²) in [6.07, 6.45) is 4.10. The van der Waals surface area contributed by atoms with Crippen LogP contribution in [0.3, 0.4) is 0 Å². The van der Waals surface area contributed by atoms with Crippen LogP contribution < -0.4 is 5.32 Å². The maximum Gasteiger partial charge on any atom is 0.485 e. The second kappa shape index (κ2) is 5.62. The molecule has 0 bridgehead atoms. The highest BCUT2D eigenvalue weighted by Gasteiger charge is 2.53. The molecular weight excluding hydrogens is 249 g/mol. The van der Waals surface area contributed by atoms with Crippen molar-refractivity contribution in [3.05, 3.63) is 42.5 Å². The molecule has 0 aromatic heterocycles. The Labute approximate surface area is 122 Å². The van der Waals surface area contributed by atoms with Gasteiger partial charge in [-0.15, -0.1) is 0 Å². The van der Waals surface area contributed by atoms with Crippen LogP contribution in [0.1, 0.15) is 34.6 Å². The summed E-state index contributed by atoms with van der Waals surface area (Å²) in [7, 11) is -0.295. The van der Waals surface area contributed by atoms with Gasteiger partial charge >= 0.3 is 7.12 Å². The van der Waals surface area contributed by atoms with Gasteiger partial charge < -0.3 is 14.6 Å². The Morgan fingerprint density at radius 2 is 1.60 bits per heavy atom. The van der Waals surface area contributed by atoms with Gasteiger partial charge in [0.25, 0.3) is 0 Å². The molecular formula is C16H24BNO2. The Balaban J connectivity index is 2.15. The molecule has 1 N–H and O–H groups in total. The van der Waals surface area contributed by atoms with Crippen LogP contribution in [0.15, 0.2) is 42.5 Å². The first-order chi connectivity index (χ1) is 9.36. The van der Waals surface area contributed by atoms with E-state index in [1.165, 1.54) is 0 Å².